The fraction of sp³-hybridized carbons (Fsp3) is 0.526. The lowest BCUT2D eigenvalue weighted by molar-refractivity contribution is -0.136. The summed E-state index contributed by atoms with van der Waals surface area (Å²) in [5, 5.41) is 8.13. The molecule has 0 unspecified atom stereocenters. The molecule has 0 spiro atoms. The highest BCUT2D eigenvalue weighted by Gasteiger charge is 2.21. The van der Waals surface area contributed by atoms with E-state index < -0.39 is 11.8 Å². The molecular weight excluding hydrogens is 332 g/mol. The van der Waals surface area contributed by atoms with Crippen LogP contribution in [0.25, 0.3) is 0 Å². The zero-order valence-corrected chi connectivity index (χ0v) is 15.5. The Morgan fingerprint density at radius 2 is 1.77 bits per heavy atom. The molecule has 1 aromatic carbocycles. The third-order valence-corrected chi connectivity index (χ3v) is 4.38. The molecule has 0 radical (unpaired) electrons. The second-order valence-electron chi connectivity index (χ2n) is 6.87. The highest BCUT2D eigenvalue weighted by molar-refractivity contribution is 6.40. The topological polar surface area (TPSA) is 90.5 Å². The summed E-state index contributed by atoms with van der Waals surface area (Å²) in [6, 6.07) is 6.92. The smallest absolute Gasteiger partial charge is 0.313 e. The van der Waals surface area contributed by atoms with Crippen molar-refractivity contribution >= 4 is 23.4 Å². The lowest BCUT2D eigenvalue weighted by Gasteiger charge is -2.15. The number of hydrogen-bond donors (Lipinski definition) is 3. The van der Waals surface area contributed by atoms with Crippen LogP contribution in [0.15, 0.2) is 24.3 Å². The molecule has 1 aliphatic carbocycles. The van der Waals surface area contributed by atoms with Gasteiger partial charge in [-0.1, -0.05) is 25.0 Å². The van der Waals surface area contributed by atoms with Gasteiger partial charge in [0.05, 0.1) is 11.3 Å². The van der Waals surface area contributed by atoms with Crippen molar-refractivity contribution in [3.05, 3.63) is 29.8 Å². The van der Waals surface area contributed by atoms with Crippen LogP contribution in [0.3, 0.4) is 0 Å². The number of anilines is 1. The zero-order chi connectivity index (χ0) is 18.9. The van der Waals surface area contributed by atoms with Gasteiger partial charge in [0, 0.05) is 12.6 Å². The highest BCUT2D eigenvalue weighted by atomic mass is 16.2. The summed E-state index contributed by atoms with van der Waals surface area (Å²) in [6.45, 7) is 1.25. The van der Waals surface area contributed by atoms with Crippen molar-refractivity contribution in [1.29, 1.82) is 0 Å². The van der Waals surface area contributed by atoms with Gasteiger partial charge in [-0.3, -0.25) is 14.4 Å². The van der Waals surface area contributed by atoms with Gasteiger partial charge in [0.15, 0.2) is 0 Å². The summed E-state index contributed by atoms with van der Waals surface area (Å²) < 4.78 is 0. The van der Waals surface area contributed by atoms with Crippen molar-refractivity contribution < 1.29 is 14.4 Å². The summed E-state index contributed by atoms with van der Waals surface area (Å²) >= 11 is 0. The average molecular weight is 360 g/mol. The predicted molar refractivity (Wildman–Crippen MR) is 101 cm³/mol. The minimum atomic E-state index is -0.768. The number of carbonyl (C=O) groups excluding carboxylic acids is 3. The molecule has 3 N–H and O–H groups in total. The first-order valence-electron chi connectivity index (χ1n) is 9.11. The Labute approximate surface area is 154 Å². The summed E-state index contributed by atoms with van der Waals surface area (Å²) in [5.74, 6) is -1.69. The number of nitrogens with one attached hydrogen (secondary N) is 3. The van der Waals surface area contributed by atoms with E-state index in [-0.39, 0.29) is 11.9 Å². The van der Waals surface area contributed by atoms with Gasteiger partial charge in [-0.2, -0.15) is 0 Å². The van der Waals surface area contributed by atoms with Crippen LogP contribution in [-0.2, 0) is 9.59 Å². The summed E-state index contributed by atoms with van der Waals surface area (Å²) in [5.41, 5.74) is 0.713. The van der Waals surface area contributed by atoms with Gasteiger partial charge in [-0.05, 0) is 52.0 Å². The van der Waals surface area contributed by atoms with Crippen LogP contribution < -0.4 is 16.0 Å². The van der Waals surface area contributed by atoms with Crippen LogP contribution in [0.5, 0.6) is 0 Å². The van der Waals surface area contributed by atoms with E-state index in [0.29, 0.717) is 17.8 Å². The van der Waals surface area contributed by atoms with Gasteiger partial charge < -0.3 is 20.9 Å². The summed E-state index contributed by atoms with van der Waals surface area (Å²) in [7, 11) is 3.89. The van der Waals surface area contributed by atoms with Crippen molar-refractivity contribution in [3.63, 3.8) is 0 Å². The molecule has 0 bridgehead atoms. The maximum absolute atomic E-state index is 12.5. The minimum absolute atomic E-state index is 0.186. The number of carbonyl (C=O) groups is 3. The van der Waals surface area contributed by atoms with E-state index in [9.17, 15) is 14.4 Å². The fourth-order valence-electron chi connectivity index (χ4n) is 2.98. The van der Waals surface area contributed by atoms with E-state index in [1.165, 1.54) is 0 Å². The molecule has 0 heterocycles. The molecule has 7 heteroatoms. The Bertz CT molecular complexity index is 639. The number of para-hydroxylation sites is 1. The zero-order valence-electron chi connectivity index (χ0n) is 15.5. The molecule has 0 aromatic heterocycles. The lowest BCUT2D eigenvalue weighted by Crippen LogP contribution is -2.37. The van der Waals surface area contributed by atoms with Gasteiger partial charge >= 0.3 is 11.8 Å². The predicted octanol–water partition coefficient (Wildman–Crippen LogP) is 1.37. The number of hydrogen-bond acceptors (Lipinski definition) is 4. The molecule has 1 fully saturated rings. The monoisotopic (exact) mass is 360 g/mol. The largest absolute Gasteiger partial charge is 0.349 e. The summed E-state index contributed by atoms with van der Waals surface area (Å²) in [4.78, 5) is 38.5. The Kier molecular flexibility index (Phi) is 7.59. The average Bonchev–Trinajstić information content (AvgIpc) is 3.11. The van der Waals surface area contributed by atoms with Crippen LogP contribution in [0.4, 0.5) is 5.69 Å². The molecule has 0 saturated heterocycles. The molecule has 3 amide bonds. The van der Waals surface area contributed by atoms with Gasteiger partial charge in [0.1, 0.15) is 0 Å². The quantitative estimate of drug-likeness (QED) is 0.506. The first-order chi connectivity index (χ1) is 12.5. The second kappa shape index (κ2) is 9.91. The maximum atomic E-state index is 12.5. The van der Waals surface area contributed by atoms with Crippen molar-refractivity contribution in [3.8, 4) is 0 Å². The van der Waals surface area contributed by atoms with Gasteiger partial charge in [0.2, 0.25) is 0 Å². The van der Waals surface area contributed by atoms with E-state index in [0.717, 1.165) is 38.6 Å². The number of nitrogens with zero attached hydrogens (tertiary/aromatic N) is 1. The molecular formula is C19H28N4O3. The molecule has 7 nitrogen and oxygen atoms in total. The third kappa shape index (κ3) is 6.15. The lowest BCUT2D eigenvalue weighted by atomic mass is 10.1. The van der Waals surface area contributed by atoms with E-state index in [2.05, 4.69) is 16.0 Å². The van der Waals surface area contributed by atoms with Gasteiger partial charge in [-0.25, -0.2) is 0 Å². The molecule has 0 atom stereocenters. The van der Waals surface area contributed by atoms with E-state index in [1.54, 1.807) is 24.3 Å². The van der Waals surface area contributed by atoms with Gasteiger partial charge in [0.25, 0.3) is 5.91 Å². The van der Waals surface area contributed by atoms with Gasteiger partial charge in [-0.15, -0.1) is 0 Å². The van der Waals surface area contributed by atoms with Crippen molar-refractivity contribution in [1.82, 2.24) is 15.5 Å². The maximum Gasteiger partial charge on any atom is 0.313 e. The molecule has 142 valence electrons. The third-order valence-electron chi connectivity index (χ3n) is 4.38. The first-order valence-corrected chi connectivity index (χ1v) is 9.11. The van der Waals surface area contributed by atoms with Crippen molar-refractivity contribution in [2.45, 2.75) is 38.1 Å². The van der Waals surface area contributed by atoms with E-state index in [4.69, 9.17) is 0 Å². The van der Waals surface area contributed by atoms with Crippen molar-refractivity contribution in [2.24, 2.45) is 0 Å². The van der Waals surface area contributed by atoms with Crippen LogP contribution >= 0.6 is 0 Å². The summed E-state index contributed by atoms with van der Waals surface area (Å²) in [6.07, 6.45) is 4.96. The van der Waals surface area contributed by atoms with E-state index >= 15 is 0 Å². The Balaban J connectivity index is 1.90. The highest BCUT2D eigenvalue weighted by Crippen LogP contribution is 2.20. The number of rotatable bonds is 7. The van der Waals surface area contributed by atoms with Crippen LogP contribution in [-0.4, -0.2) is 55.8 Å². The first kappa shape index (κ1) is 19.9. The number of benzene rings is 1. The molecule has 0 aliphatic heterocycles. The van der Waals surface area contributed by atoms with Crippen LogP contribution in [0.2, 0.25) is 0 Å². The molecule has 2 rings (SSSR count). The second-order valence-corrected chi connectivity index (χ2v) is 6.87. The minimum Gasteiger partial charge on any atom is -0.349 e. The van der Waals surface area contributed by atoms with Crippen LogP contribution in [0, 0.1) is 0 Å². The molecule has 1 aliphatic rings. The molecule has 1 aromatic rings. The van der Waals surface area contributed by atoms with E-state index in [1.807, 2.05) is 19.0 Å². The Hall–Kier alpha value is -2.41. The van der Waals surface area contributed by atoms with Crippen LogP contribution in [0.1, 0.15) is 42.5 Å². The van der Waals surface area contributed by atoms with Crippen molar-refractivity contribution in [2.75, 3.05) is 32.5 Å². The Morgan fingerprint density at radius 1 is 1.08 bits per heavy atom. The SMILES string of the molecule is CN(C)CCCNC(=O)C(=O)Nc1ccccc1C(=O)NC1CCCC1. The standard InChI is InChI=1S/C19H28N4O3/c1-23(2)13-7-12-20-18(25)19(26)22-16-11-6-5-10-15(16)17(24)21-14-8-3-4-9-14/h5-6,10-11,14H,3-4,7-9,12-13H2,1-2H3,(H,20,25)(H,21,24)(H,22,26). The normalized spacial score (nSPS) is 14.3. The number of amides is 3. The molecule has 1 saturated carbocycles. The molecule has 26 heavy (non-hydrogen) atoms. The Morgan fingerprint density at radius 3 is 2.46 bits per heavy atom. The fourth-order valence-corrected chi connectivity index (χ4v) is 2.98.